The quantitative estimate of drug-likeness (QED) is 0.566. The molecular weight excluding hydrogens is 197 g/mol. The van der Waals surface area contributed by atoms with Crippen LogP contribution in [0.2, 0.25) is 0 Å². The van der Waals surface area contributed by atoms with E-state index in [9.17, 15) is 14.5 Å². The Morgan fingerprint density at radius 1 is 1.60 bits per heavy atom. The zero-order valence-corrected chi connectivity index (χ0v) is 8.57. The van der Waals surface area contributed by atoms with Crippen LogP contribution < -0.4 is 0 Å². The number of rotatable bonds is 4. The maximum absolute atomic E-state index is 12.4. The van der Waals surface area contributed by atoms with Gasteiger partial charge in [0.25, 0.3) is 5.69 Å². The Bertz CT molecular complexity index is 366. The van der Waals surface area contributed by atoms with Crippen molar-refractivity contribution in [2.75, 3.05) is 6.67 Å². The van der Waals surface area contributed by atoms with Crippen molar-refractivity contribution in [3.63, 3.8) is 0 Å². The van der Waals surface area contributed by atoms with E-state index in [-0.39, 0.29) is 5.69 Å². The molecule has 0 fully saturated rings. The monoisotopic (exact) mass is 210 g/mol. The SMILES string of the molecule is [CH2]C(CF)c1ccc(CC)c([N+](=O)[O-])c1. The van der Waals surface area contributed by atoms with Crippen LogP contribution in [0.15, 0.2) is 18.2 Å². The normalized spacial score (nSPS) is 12.5. The highest BCUT2D eigenvalue weighted by atomic mass is 19.1. The number of hydrogen-bond donors (Lipinski definition) is 0. The third-order valence-corrected chi connectivity index (χ3v) is 2.34. The lowest BCUT2D eigenvalue weighted by Gasteiger charge is -2.08. The second kappa shape index (κ2) is 4.87. The van der Waals surface area contributed by atoms with E-state index >= 15 is 0 Å². The maximum Gasteiger partial charge on any atom is 0.272 e. The largest absolute Gasteiger partial charge is 0.272 e. The number of nitrogens with zero attached hydrogens (tertiary/aromatic N) is 1. The summed E-state index contributed by atoms with van der Waals surface area (Å²) in [6.45, 7) is 4.82. The fourth-order valence-corrected chi connectivity index (χ4v) is 1.39. The number of alkyl halides is 1. The van der Waals surface area contributed by atoms with Crippen LogP contribution in [0, 0.1) is 17.0 Å². The molecule has 1 radical (unpaired) electrons. The van der Waals surface area contributed by atoms with E-state index in [2.05, 4.69) is 6.92 Å². The van der Waals surface area contributed by atoms with E-state index in [1.165, 1.54) is 6.07 Å². The average molecular weight is 210 g/mol. The van der Waals surface area contributed by atoms with E-state index in [0.29, 0.717) is 17.5 Å². The molecule has 0 aliphatic rings. The summed E-state index contributed by atoms with van der Waals surface area (Å²) in [6.07, 6.45) is 0.591. The molecule has 0 amide bonds. The van der Waals surface area contributed by atoms with Gasteiger partial charge in [-0.3, -0.25) is 14.5 Å². The van der Waals surface area contributed by atoms with Crippen LogP contribution in [0.3, 0.4) is 0 Å². The molecule has 0 bridgehead atoms. The first-order valence-electron chi connectivity index (χ1n) is 4.76. The van der Waals surface area contributed by atoms with Crippen LogP contribution in [-0.2, 0) is 6.42 Å². The molecule has 1 atom stereocenters. The van der Waals surface area contributed by atoms with Gasteiger partial charge in [-0.15, -0.1) is 0 Å². The molecule has 0 aromatic heterocycles. The first kappa shape index (κ1) is 11.6. The van der Waals surface area contributed by atoms with Crippen molar-refractivity contribution in [1.29, 1.82) is 0 Å². The van der Waals surface area contributed by atoms with Crippen molar-refractivity contribution in [3.05, 3.63) is 46.4 Å². The van der Waals surface area contributed by atoms with Crippen LogP contribution in [0.5, 0.6) is 0 Å². The first-order chi connectivity index (χ1) is 7.10. The minimum atomic E-state index is -0.609. The molecule has 1 unspecified atom stereocenters. The lowest BCUT2D eigenvalue weighted by atomic mass is 9.99. The number of halogens is 1. The zero-order chi connectivity index (χ0) is 11.4. The molecule has 1 aromatic carbocycles. The highest BCUT2D eigenvalue weighted by Crippen LogP contribution is 2.25. The molecule has 0 saturated heterocycles. The van der Waals surface area contributed by atoms with Crippen LogP contribution in [-0.4, -0.2) is 11.6 Å². The van der Waals surface area contributed by atoms with E-state index in [0.717, 1.165) is 0 Å². The molecule has 1 rings (SSSR count). The molecule has 0 aliphatic heterocycles. The molecule has 0 aliphatic carbocycles. The van der Waals surface area contributed by atoms with E-state index < -0.39 is 17.5 Å². The Kier molecular flexibility index (Phi) is 3.77. The Morgan fingerprint density at radius 3 is 2.73 bits per heavy atom. The van der Waals surface area contributed by atoms with Gasteiger partial charge in [-0.05, 0) is 18.9 Å². The maximum atomic E-state index is 12.4. The van der Waals surface area contributed by atoms with Gasteiger partial charge in [0.2, 0.25) is 0 Å². The molecule has 0 saturated carbocycles. The van der Waals surface area contributed by atoms with Crippen molar-refractivity contribution in [2.24, 2.45) is 0 Å². The lowest BCUT2D eigenvalue weighted by molar-refractivity contribution is -0.385. The third kappa shape index (κ3) is 2.52. The summed E-state index contributed by atoms with van der Waals surface area (Å²) < 4.78 is 12.4. The summed E-state index contributed by atoms with van der Waals surface area (Å²) in [5.74, 6) is -0.533. The van der Waals surface area contributed by atoms with Gasteiger partial charge in [-0.1, -0.05) is 19.1 Å². The van der Waals surface area contributed by atoms with Crippen molar-refractivity contribution < 1.29 is 9.31 Å². The van der Waals surface area contributed by atoms with Crippen molar-refractivity contribution in [3.8, 4) is 0 Å². The Hall–Kier alpha value is -1.45. The fourth-order valence-electron chi connectivity index (χ4n) is 1.39. The summed E-state index contributed by atoms with van der Waals surface area (Å²) in [5, 5.41) is 10.7. The summed E-state index contributed by atoms with van der Waals surface area (Å²) in [4.78, 5) is 10.3. The molecule has 4 heteroatoms. The van der Waals surface area contributed by atoms with Crippen molar-refractivity contribution in [2.45, 2.75) is 19.3 Å². The first-order valence-corrected chi connectivity index (χ1v) is 4.76. The number of benzene rings is 1. The molecule has 1 aromatic rings. The second-order valence-electron chi connectivity index (χ2n) is 3.35. The standard InChI is InChI=1S/C11H13FNO2/c1-3-9-4-5-10(8(2)7-12)6-11(9)13(14)15/h4-6,8H,2-3,7H2,1H3. The van der Waals surface area contributed by atoms with E-state index in [4.69, 9.17) is 0 Å². The molecular formula is C11H13FNO2. The summed E-state index contributed by atoms with van der Waals surface area (Å²) in [5.41, 5.74) is 1.29. The summed E-state index contributed by atoms with van der Waals surface area (Å²) in [6, 6.07) is 4.78. The van der Waals surface area contributed by atoms with Gasteiger partial charge in [0.15, 0.2) is 0 Å². The molecule has 81 valence electrons. The van der Waals surface area contributed by atoms with Crippen molar-refractivity contribution in [1.82, 2.24) is 0 Å². The topological polar surface area (TPSA) is 43.1 Å². The van der Waals surface area contributed by atoms with Gasteiger partial charge in [0.05, 0.1) is 11.6 Å². The van der Waals surface area contributed by atoms with Crippen molar-refractivity contribution >= 4 is 5.69 Å². The van der Waals surface area contributed by atoms with Crippen LogP contribution in [0.25, 0.3) is 0 Å². The minimum Gasteiger partial charge on any atom is -0.258 e. The number of nitro groups is 1. The Morgan fingerprint density at radius 2 is 2.27 bits per heavy atom. The molecule has 0 spiro atoms. The fraction of sp³-hybridized carbons (Fsp3) is 0.364. The Labute approximate surface area is 88.1 Å². The lowest BCUT2D eigenvalue weighted by Crippen LogP contribution is -2.00. The van der Waals surface area contributed by atoms with Crippen LogP contribution in [0.4, 0.5) is 10.1 Å². The van der Waals surface area contributed by atoms with Gasteiger partial charge in [0.1, 0.15) is 0 Å². The third-order valence-electron chi connectivity index (χ3n) is 2.34. The smallest absolute Gasteiger partial charge is 0.258 e. The van der Waals surface area contributed by atoms with Gasteiger partial charge < -0.3 is 0 Å². The number of aryl methyl sites for hydroxylation is 1. The van der Waals surface area contributed by atoms with Gasteiger partial charge in [-0.25, -0.2) is 0 Å². The zero-order valence-electron chi connectivity index (χ0n) is 8.57. The van der Waals surface area contributed by atoms with Gasteiger partial charge >= 0.3 is 0 Å². The van der Waals surface area contributed by atoms with Crippen LogP contribution >= 0.6 is 0 Å². The molecule has 15 heavy (non-hydrogen) atoms. The van der Waals surface area contributed by atoms with E-state index in [1.807, 2.05) is 6.92 Å². The molecule has 0 N–H and O–H groups in total. The highest BCUT2D eigenvalue weighted by molar-refractivity contribution is 5.44. The predicted octanol–water partition coefficient (Wildman–Crippen LogP) is 3.04. The summed E-state index contributed by atoms with van der Waals surface area (Å²) >= 11 is 0. The number of nitro benzene ring substituents is 1. The Balaban J connectivity index is 3.16. The van der Waals surface area contributed by atoms with Gasteiger partial charge in [-0.2, -0.15) is 0 Å². The van der Waals surface area contributed by atoms with E-state index in [1.54, 1.807) is 12.1 Å². The summed E-state index contributed by atoms with van der Waals surface area (Å²) in [7, 11) is 0. The minimum absolute atomic E-state index is 0.0529. The van der Waals surface area contributed by atoms with Crippen LogP contribution in [0.1, 0.15) is 24.0 Å². The highest BCUT2D eigenvalue weighted by Gasteiger charge is 2.15. The predicted molar refractivity (Wildman–Crippen MR) is 56.5 cm³/mol. The number of hydrogen-bond acceptors (Lipinski definition) is 2. The second-order valence-corrected chi connectivity index (χ2v) is 3.35. The average Bonchev–Trinajstić information content (AvgIpc) is 2.27. The van der Waals surface area contributed by atoms with Gasteiger partial charge in [0, 0.05) is 17.5 Å². The molecule has 0 heterocycles. The molecule has 3 nitrogen and oxygen atoms in total.